The van der Waals surface area contributed by atoms with E-state index in [1.807, 2.05) is 6.07 Å². The number of hydrogen-bond acceptors (Lipinski definition) is 6. The van der Waals surface area contributed by atoms with Gasteiger partial charge in [-0.1, -0.05) is 20.3 Å². The third-order valence-electron chi connectivity index (χ3n) is 5.23. The van der Waals surface area contributed by atoms with E-state index in [-0.39, 0.29) is 5.96 Å². The number of rotatable bonds is 3. The van der Waals surface area contributed by atoms with Crippen LogP contribution in [0, 0.1) is 5.92 Å². The van der Waals surface area contributed by atoms with Crippen LogP contribution in [0.25, 0.3) is 11.0 Å². The highest BCUT2D eigenvalue weighted by atomic mass is 15.4. The van der Waals surface area contributed by atoms with E-state index in [9.17, 15) is 0 Å². The number of nitrogens with two attached hydrogens (primary N) is 2. The Kier molecular flexibility index (Phi) is 4.09. The highest BCUT2D eigenvalue weighted by Crippen LogP contribution is 2.39. The van der Waals surface area contributed by atoms with Crippen LogP contribution in [-0.2, 0) is 6.42 Å². The molecule has 1 aliphatic carbocycles. The minimum Gasteiger partial charge on any atom is -0.369 e. The van der Waals surface area contributed by atoms with Gasteiger partial charge in [-0.3, -0.25) is 4.90 Å². The number of benzene rings is 1. The number of imidazole rings is 1. The van der Waals surface area contributed by atoms with E-state index < -0.39 is 5.66 Å². The van der Waals surface area contributed by atoms with Crippen LogP contribution in [0.3, 0.4) is 0 Å². The summed E-state index contributed by atoms with van der Waals surface area (Å²) < 4.78 is 0. The summed E-state index contributed by atoms with van der Waals surface area (Å²) in [4.78, 5) is 19.2. The van der Waals surface area contributed by atoms with E-state index in [0.29, 0.717) is 11.9 Å². The largest absolute Gasteiger partial charge is 0.369 e. The topological polar surface area (TPSA) is 109 Å². The average molecular weight is 353 g/mol. The molecule has 26 heavy (non-hydrogen) atoms. The number of aliphatic imine (C=N–C) groups is 2. The van der Waals surface area contributed by atoms with Crippen molar-refractivity contribution in [3.05, 3.63) is 24.0 Å². The van der Waals surface area contributed by atoms with Gasteiger partial charge in [-0.05, 0) is 49.8 Å². The number of nitrogens with zero attached hydrogens (tertiary/aromatic N) is 4. The molecular weight excluding hydrogens is 326 g/mol. The van der Waals surface area contributed by atoms with Gasteiger partial charge in [-0.15, -0.1) is 0 Å². The fourth-order valence-corrected chi connectivity index (χ4v) is 4.17. The van der Waals surface area contributed by atoms with Crippen molar-refractivity contribution in [1.82, 2.24) is 9.97 Å². The lowest BCUT2D eigenvalue weighted by Gasteiger charge is -2.45. The molecule has 7 nitrogen and oxygen atoms in total. The van der Waals surface area contributed by atoms with Gasteiger partial charge in [0.05, 0.1) is 11.0 Å². The van der Waals surface area contributed by atoms with E-state index in [1.54, 1.807) is 0 Å². The van der Waals surface area contributed by atoms with E-state index >= 15 is 0 Å². The van der Waals surface area contributed by atoms with Crippen molar-refractivity contribution in [2.75, 3.05) is 4.90 Å². The van der Waals surface area contributed by atoms with Gasteiger partial charge in [0.25, 0.3) is 0 Å². The second-order valence-electron chi connectivity index (χ2n) is 7.80. The third-order valence-corrected chi connectivity index (χ3v) is 5.23. The number of aromatic amines is 1. The number of H-pyrrole nitrogens is 1. The van der Waals surface area contributed by atoms with Crippen LogP contribution < -0.4 is 16.4 Å². The Morgan fingerprint density at radius 2 is 1.96 bits per heavy atom. The van der Waals surface area contributed by atoms with Crippen molar-refractivity contribution in [3.63, 3.8) is 0 Å². The zero-order valence-electron chi connectivity index (χ0n) is 15.5. The molecule has 1 spiro atoms. The number of aromatic nitrogens is 2. The summed E-state index contributed by atoms with van der Waals surface area (Å²) in [5, 5.41) is 0. The maximum atomic E-state index is 6.31. The molecule has 2 heterocycles. The summed E-state index contributed by atoms with van der Waals surface area (Å²) in [6.07, 6.45) is 6.26. The maximum absolute atomic E-state index is 6.31. The first-order valence-electron chi connectivity index (χ1n) is 9.45. The molecule has 1 saturated carbocycles. The Balaban J connectivity index is 1.75. The lowest BCUT2D eigenvalue weighted by atomic mass is 9.87. The van der Waals surface area contributed by atoms with E-state index in [2.05, 4.69) is 40.9 Å². The molecule has 0 saturated heterocycles. The standard InChI is InChI=1S/C19H27N7/c1-12(2)10-16-22-14-7-6-13(11-15(14)23-16)26-18(21)24-17(20)25-19(26)8-4-3-5-9-19/h6-7,11-12H,3-5,8-10H2,1-2H3,(H,22,23)(H4,20,21,24,25). The van der Waals surface area contributed by atoms with Gasteiger partial charge in [0.2, 0.25) is 11.9 Å². The molecule has 0 radical (unpaired) electrons. The molecule has 4 rings (SSSR count). The summed E-state index contributed by atoms with van der Waals surface area (Å²) in [5.41, 5.74) is 14.8. The minimum atomic E-state index is -0.414. The molecule has 1 aliphatic heterocycles. The quantitative estimate of drug-likeness (QED) is 0.788. The SMILES string of the molecule is CC(C)Cc1nc2ccc(N3C(N)=NC(N)=NC34CCCCC4)cc2[nH]1. The molecule has 0 bridgehead atoms. The van der Waals surface area contributed by atoms with E-state index in [4.69, 9.17) is 21.4 Å². The van der Waals surface area contributed by atoms with Gasteiger partial charge < -0.3 is 16.5 Å². The monoisotopic (exact) mass is 353 g/mol. The lowest BCUT2D eigenvalue weighted by molar-refractivity contribution is 0.305. The summed E-state index contributed by atoms with van der Waals surface area (Å²) in [7, 11) is 0. The highest BCUT2D eigenvalue weighted by Gasteiger charge is 2.42. The first-order valence-corrected chi connectivity index (χ1v) is 9.45. The van der Waals surface area contributed by atoms with E-state index in [1.165, 1.54) is 6.42 Å². The van der Waals surface area contributed by atoms with Crippen molar-refractivity contribution >= 4 is 28.6 Å². The fraction of sp³-hybridized carbons (Fsp3) is 0.526. The Hall–Kier alpha value is -2.57. The van der Waals surface area contributed by atoms with Crippen LogP contribution in [0.5, 0.6) is 0 Å². The van der Waals surface area contributed by atoms with Crippen molar-refractivity contribution in [2.24, 2.45) is 27.4 Å². The third kappa shape index (κ3) is 2.91. The second-order valence-corrected chi connectivity index (χ2v) is 7.80. The zero-order chi connectivity index (χ0) is 18.3. The van der Waals surface area contributed by atoms with Crippen LogP contribution in [0.1, 0.15) is 51.8 Å². The first-order chi connectivity index (χ1) is 12.5. The van der Waals surface area contributed by atoms with Crippen LogP contribution in [0.2, 0.25) is 0 Å². The molecule has 1 fully saturated rings. The Morgan fingerprint density at radius 1 is 1.19 bits per heavy atom. The molecule has 1 aromatic carbocycles. The highest BCUT2D eigenvalue weighted by molar-refractivity contribution is 6.06. The predicted octanol–water partition coefficient (Wildman–Crippen LogP) is 2.87. The molecule has 1 aromatic heterocycles. The van der Waals surface area contributed by atoms with Crippen molar-refractivity contribution < 1.29 is 0 Å². The maximum Gasteiger partial charge on any atom is 0.220 e. The number of anilines is 1. The Morgan fingerprint density at radius 3 is 2.69 bits per heavy atom. The molecule has 0 unspecified atom stereocenters. The zero-order valence-corrected chi connectivity index (χ0v) is 15.5. The molecule has 2 aromatic rings. The van der Waals surface area contributed by atoms with Gasteiger partial charge in [0.15, 0.2) is 0 Å². The normalized spacial score (nSPS) is 19.9. The minimum absolute atomic E-state index is 0.280. The van der Waals surface area contributed by atoms with Gasteiger partial charge in [-0.2, -0.15) is 4.99 Å². The Bertz CT molecular complexity index is 871. The van der Waals surface area contributed by atoms with Gasteiger partial charge in [0, 0.05) is 12.1 Å². The van der Waals surface area contributed by atoms with Crippen molar-refractivity contribution in [2.45, 2.75) is 58.0 Å². The number of fused-ring (bicyclic) bond motifs is 1. The number of guanidine groups is 2. The van der Waals surface area contributed by atoms with E-state index in [0.717, 1.165) is 54.6 Å². The predicted molar refractivity (Wildman–Crippen MR) is 106 cm³/mol. The molecule has 7 heteroatoms. The second kappa shape index (κ2) is 6.30. The number of hydrogen-bond donors (Lipinski definition) is 3. The first kappa shape index (κ1) is 16.9. The van der Waals surface area contributed by atoms with Gasteiger partial charge in [-0.25, -0.2) is 9.98 Å². The van der Waals surface area contributed by atoms with Gasteiger partial charge in [0.1, 0.15) is 11.5 Å². The molecular formula is C19H27N7. The summed E-state index contributed by atoms with van der Waals surface area (Å²) in [5.74, 6) is 2.27. The molecule has 0 amide bonds. The molecule has 2 aliphatic rings. The average Bonchev–Trinajstić information content (AvgIpc) is 2.95. The lowest BCUT2D eigenvalue weighted by Crippen LogP contribution is -2.58. The van der Waals surface area contributed by atoms with Gasteiger partial charge >= 0.3 is 0 Å². The fourth-order valence-electron chi connectivity index (χ4n) is 4.17. The van der Waals surface area contributed by atoms with Crippen LogP contribution in [-0.4, -0.2) is 27.5 Å². The number of nitrogens with one attached hydrogen (secondary N) is 1. The Labute approximate surface area is 153 Å². The summed E-state index contributed by atoms with van der Waals surface area (Å²) in [6, 6.07) is 6.19. The molecule has 138 valence electrons. The summed E-state index contributed by atoms with van der Waals surface area (Å²) >= 11 is 0. The smallest absolute Gasteiger partial charge is 0.220 e. The van der Waals surface area contributed by atoms with Crippen molar-refractivity contribution in [3.8, 4) is 0 Å². The molecule has 5 N–H and O–H groups in total. The van der Waals surface area contributed by atoms with Crippen LogP contribution in [0.15, 0.2) is 28.2 Å². The van der Waals surface area contributed by atoms with Crippen LogP contribution >= 0.6 is 0 Å². The van der Waals surface area contributed by atoms with Crippen molar-refractivity contribution in [1.29, 1.82) is 0 Å². The summed E-state index contributed by atoms with van der Waals surface area (Å²) in [6.45, 7) is 4.39. The molecule has 0 atom stereocenters. The van der Waals surface area contributed by atoms with Crippen LogP contribution in [0.4, 0.5) is 5.69 Å².